The molecule has 0 heterocycles. The number of anilines is 1. The zero-order chi connectivity index (χ0) is 16.8. The van der Waals surface area contributed by atoms with Crippen molar-refractivity contribution in [3.05, 3.63) is 63.6 Å². The molecule has 0 unspecified atom stereocenters. The fourth-order valence-electron chi connectivity index (χ4n) is 1.80. The molecule has 0 radical (unpaired) electrons. The molecule has 6 heteroatoms. The maximum absolute atomic E-state index is 12.2. The van der Waals surface area contributed by atoms with E-state index < -0.39 is 5.91 Å². The first kappa shape index (κ1) is 16.9. The number of benzene rings is 2. The summed E-state index contributed by atoms with van der Waals surface area (Å²) in [6, 6.07) is 13.5. The lowest BCUT2D eigenvalue weighted by atomic mass is 10.1. The highest BCUT2D eigenvalue weighted by Crippen LogP contribution is 2.26. The van der Waals surface area contributed by atoms with Crippen LogP contribution in [0.15, 0.2) is 48.0 Å². The Kier molecular flexibility index (Phi) is 5.64. The summed E-state index contributed by atoms with van der Waals surface area (Å²) in [7, 11) is 1.56. The van der Waals surface area contributed by atoms with Crippen molar-refractivity contribution in [3.8, 4) is 11.8 Å². The minimum absolute atomic E-state index is 0.0498. The van der Waals surface area contributed by atoms with E-state index in [1.807, 2.05) is 6.07 Å². The van der Waals surface area contributed by atoms with Crippen molar-refractivity contribution >= 4 is 40.9 Å². The minimum Gasteiger partial charge on any atom is -0.497 e. The topological polar surface area (TPSA) is 62.1 Å². The number of carbonyl (C=O) groups is 1. The van der Waals surface area contributed by atoms with E-state index in [1.165, 1.54) is 12.1 Å². The smallest absolute Gasteiger partial charge is 0.266 e. The first-order valence-corrected chi connectivity index (χ1v) is 7.31. The number of hydrogen-bond acceptors (Lipinski definition) is 3. The number of ether oxygens (including phenoxy) is 1. The summed E-state index contributed by atoms with van der Waals surface area (Å²) in [6.07, 6.45) is 1.48. The lowest BCUT2D eigenvalue weighted by molar-refractivity contribution is -0.112. The van der Waals surface area contributed by atoms with Crippen molar-refractivity contribution in [2.75, 3.05) is 12.4 Å². The van der Waals surface area contributed by atoms with Gasteiger partial charge in [-0.1, -0.05) is 35.3 Å². The fraction of sp³-hybridized carbons (Fsp3) is 0.0588. The lowest BCUT2D eigenvalue weighted by Crippen LogP contribution is -2.13. The fourth-order valence-corrected chi connectivity index (χ4v) is 2.14. The summed E-state index contributed by atoms with van der Waals surface area (Å²) < 4.78 is 5.06. The Morgan fingerprint density at radius 2 is 1.91 bits per heavy atom. The number of nitrogens with zero attached hydrogens (tertiary/aromatic N) is 1. The molecule has 0 aliphatic carbocycles. The first-order chi connectivity index (χ1) is 11.0. The van der Waals surface area contributed by atoms with Gasteiger partial charge in [0.15, 0.2) is 0 Å². The van der Waals surface area contributed by atoms with Crippen LogP contribution in [0.25, 0.3) is 6.08 Å². The van der Waals surface area contributed by atoms with Crippen LogP contribution in [0.3, 0.4) is 0 Å². The maximum atomic E-state index is 12.2. The predicted octanol–water partition coefficient (Wildman–Crippen LogP) is 4.55. The summed E-state index contributed by atoms with van der Waals surface area (Å²) in [5.41, 5.74) is 1.00. The molecule has 0 aliphatic heterocycles. The third-order valence-corrected chi connectivity index (χ3v) is 3.53. The van der Waals surface area contributed by atoms with Crippen LogP contribution in [0.4, 0.5) is 5.69 Å². The number of amides is 1. The molecule has 0 fully saturated rings. The molecule has 1 amide bonds. The van der Waals surface area contributed by atoms with E-state index in [0.717, 1.165) is 0 Å². The Morgan fingerprint density at radius 1 is 1.22 bits per heavy atom. The SMILES string of the molecule is COc1ccc(/C=C(\C#N)C(=O)Nc2cc(Cl)ccc2Cl)cc1. The molecular weight excluding hydrogens is 335 g/mol. The molecule has 0 bridgehead atoms. The molecule has 2 aromatic carbocycles. The quantitative estimate of drug-likeness (QED) is 0.652. The Morgan fingerprint density at radius 3 is 2.52 bits per heavy atom. The summed E-state index contributed by atoms with van der Waals surface area (Å²) in [4.78, 5) is 12.2. The summed E-state index contributed by atoms with van der Waals surface area (Å²) in [5, 5.41) is 12.5. The number of halogens is 2. The molecule has 1 N–H and O–H groups in total. The third kappa shape index (κ3) is 4.49. The lowest BCUT2D eigenvalue weighted by Gasteiger charge is -2.07. The average Bonchev–Trinajstić information content (AvgIpc) is 2.56. The largest absolute Gasteiger partial charge is 0.497 e. The molecule has 0 atom stereocenters. The van der Waals surface area contributed by atoms with Gasteiger partial charge in [-0.25, -0.2) is 0 Å². The average molecular weight is 347 g/mol. The van der Waals surface area contributed by atoms with E-state index in [0.29, 0.717) is 27.0 Å². The highest BCUT2D eigenvalue weighted by molar-refractivity contribution is 6.36. The zero-order valence-electron chi connectivity index (χ0n) is 12.1. The van der Waals surface area contributed by atoms with E-state index in [9.17, 15) is 10.1 Å². The normalized spacial score (nSPS) is 10.8. The zero-order valence-corrected chi connectivity index (χ0v) is 13.7. The van der Waals surface area contributed by atoms with Gasteiger partial charge < -0.3 is 10.1 Å². The Labute approximate surface area is 143 Å². The van der Waals surface area contributed by atoms with Crippen LogP contribution in [0.1, 0.15) is 5.56 Å². The number of carbonyl (C=O) groups excluding carboxylic acids is 1. The number of nitriles is 1. The molecular formula is C17H12Cl2N2O2. The van der Waals surface area contributed by atoms with E-state index in [4.69, 9.17) is 27.9 Å². The highest BCUT2D eigenvalue weighted by Gasteiger charge is 2.12. The van der Waals surface area contributed by atoms with Gasteiger partial charge in [-0.3, -0.25) is 4.79 Å². The van der Waals surface area contributed by atoms with Gasteiger partial charge in [-0.05, 0) is 42.0 Å². The standard InChI is InChI=1S/C17H12Cl2N2O2/c1-23-14-5-2-11(3-6-14)8-12(10-20)17(22)21-16-9-13(18)4-7-15(16)19/h2-9H,1H3,(H,21,22)/b12-8+. The molecule has 0 spiro atoms. The van der Waals surface area contributed by atoms with Crippen molar-refractivity contribution < 1.29 is 9.53 Å². The van der Waals surface area contributed by atoms with E-state index in [-0.39, 0.29) is 5.57 Å². The first-order valence-electron chi connectivity index (χ1n) is 6.55. The number of nitrogens with one attached hydrogen (secondary N) is 1. The van der Waals surface area contributed by atoms with Gasteiger partial charge in [0.2, 0.25) is 0 Å². The molecule has 0 saturated heterocycles. The second kappa shape index (κ2) is 7.68. The monoisotopic (exact) mass is 346 g/mol. The molecule has 116 valence electrons. The van der Waals surface area contributed by atoms with Crippen LogP contribution in [-0.4, -0.2) is 13.0 Å². The number of methoxy groups -OCH3 is 1. The molecule has 23 heavy (non-hydrogen) atoms. The van der Waals surface area contributed by atoms with Crippen LogP contribution < -0.4 is 10.1 Å². The Bertz CT molecular complexity index is 793. The van der Waals surface area contributed by atoms with Crippen LogP contribution in [0.5, 0.6) is 5.75 Å². The van der Waals surface area contributed by atoms with Gasteiger partial charge in [0.1, 0.15) is 17.4 Å². The van der Waals surface area contributed by atoms with Crippen LogP contribution in [0, 0.1) is 11.3 Å². The van der Waals surface area contributed by atoms with Crippen molar-refractivity contribution in [1.29, 1.82) is 5.26 Å². The molecule has 4 nitrogen and oxygen atoms in total. The maximum Gasteiger partial charge on any atom is 0.266 e. The van der Waals surface area contributed by atoms with Gasteiger partial charge in [-0.2, -0.15) is 5.26 Å². The third-order valence-electron chi connectivity index (χ3n) is 2.97. The Balaban J connectivity index is 2.22. The second-order valence-electron chi connectivity index (χ2n) is 4.52. The van der Waals surface area contributed by atoms with Crippen molar-refractivity contribution in [2.45, 2.75) is 0 Å². The Hall–Kier alpha value is -2.48. The predicted molar refractivity (Wildman–Crippen MR) is 91.7 cm³/mol. The highest BCUT2D eigenvalue weighted by atomic mass is 35.5. The van der Waals surface area contributed by atoms with Crippen molar-refractivity contribution in [1.82, 2.24) is 0 Å². The van der Waals surface area contributed by atoms with Crippen molar-refractivity contribution in [2.24, 2.45) is 0 Å². The molecule has 0 aliphatic rings. The molecule has 2 aromatic rings. The van der Waals surface area contributed by atoms with Gasteiger partial charge in [-0.15, -0.1) is 0 Å². The second-order valence-corrected chi connectivity index (χ2v) is 5.36. The van der Waals surface area contributed by atoms with E-state index in [1.54, 1.807) is 43.5 Å². The van der Waals surface area contributed by atoms with Gasteiger partial charge in [0, 0.05) is 5.02 Å². The van der Waals surface area contributed by atoms with Crippen LogP contribution in [0.2, 0.25) is 10.0 Å². The minimum atomic E-state index is -0.563. The number of hydrogen-bond donors (Lipinski definition) is 1. The summed E-state index contributed by atoms with van der Waals surface area (Å²) in [5.74, 6) is 0.128. The molecule has 0 saturated carbocycles. The van der Waals surface area contributed by atoms with Crippen LogP contribution in [-0.2, 0) is 4.79 Å². The summed E-state index contributed by atoms with van der Waals surface area (Å²) >= 11 is 11.9. The molecule has 2 rings (SSSR count). The van der Waals surface area contributed by atoms with E-state index in [2.05, 4.69) is 5.32 Å². The van der Waals surface area contributed by atoms with Crippen molar-refractivity contribution in [3.63, 3.8) is 0 Å². The van der Waals surface area contributed by atoms with Gasteiger partial charge >= 0.3 is 0 Å². The van der Waals surface area contributed by atoms with Gasteiger partial charge in [0.25, 0.3) is 5.91 Å². The molecule has 0 aromatic heterocycles. The van der Waals surface area contributed by atoms with Gasteiger partial charge in [0.05, 0.1) is 17.8 Å². The van der Waals surface area contributed by atoms with Crippen LogP contribution >= 0.6 is 23.2 Å². The number of rotatable bonds is 4. The summed E-state index contributed by atoms with van der Waals surface area (Å²) in [6.45, 7) is 0. The van der Waals surface area contributed by atoms with E-state index >= 15 is 0 Å².